The van der Waals surface area contributed by atoms with E-state index in [4.69, 9.17) is 0 Å². The number of rotatable bonds is 7. The highest BCUT2D eigenvalue weighted by Crippen LogP contribution is 2.28. The summed E-state index contributed by atoms with van der Waals surface area (Å²) in [7, 11) is 2.15. The van der Waals surface area contributed by atoms with E-state index in [0.717, 1.165) is 69.8 Å². The van der Waals surface area contributed by atoms with Gasteiger partial charge in [-0.15, -0.1) is 0 Å². The zero-order valence-electron chi connectivity index (χ0n) is 21.1. The van der Waals surface area contributed by atoms with Crippen LogP contribution in [0.4, 0.5) is 10.5 Å². The number of hydrogen-bond donors (Lipinski definition) is 2. The molecule has 2 heterocycles. The number of carbonyl (C=O) groups excluding carboxylic acids is 2. The number of amides is 3. The zero-order valence-corrected chi connectivity index (χ0v) is 21.1. The molecule has 188 valence electrons. The van der Waals surface area contributed by atoms with Crippen molar-refractivity contribution in [2.75, 3.05) is 64.7 Å². The molecule has 2 aromatic carbocycles. The van der Waals surface area contributed by atoms with E-state index in [1.54, 1.807) is 0 Å². The van der Waals surface area contributed by atoms with Gasteiger partial charge < -0.3 is 20.4 Å². The van der Waals surface area contributed by atoms with Crippen LogP contribution in [0, 0.1) is 0 Å². The average Bonchev–Trinajstić information content (AvgIpc) is 2.90. The second-order valence-corrected chi connectivity index (χ2v) is 9.79. The highest BCUT2D eigenvalue weighted by Gasteiger charge is 2.25. The molecule has 2 N–H and O–H groups in total. The Morgan fingerprint density at radius 3 is 2.51 bits per heavy atom. The molecule has 2 aliphatic rings. The Hall–Kier alpha value is -2.90. The van der Waals surface area contributed by atoms with E-state index >= 15 is 0 Å². The molecule has 2 fully saturated rings. The van der Waals surface area contributed by atoms with Crippen molar-refractivity contribution in [3.05, 3.63) is 65.2 Å². The van der Waals surface area contributed by atoms with Crippen molar-refractivity contribution in [2.24, 2.45) is 0 Å². The fourth-order valence-corrected chi connectivity index (χ4v) is 4.89. The number of hydrogen-bond acceptors (Lipinski definition) is 4. The van der Waals surface area contributed by atoms with E-state index in [1.165, 1.54) is 5.56 Å². The van der Waals surface area contributed by atoms with Crippen LogP contribution in [0.5, 0.6) is 0 Å². The Balaban J connectivity index is 1.29. The van der Waals surface area contributed by atoms with Crippen LogP contribution in [0.15, 0.2) is 48.5 Å². The normalized spacial score (nSPS) is 19.4. The molecular formula is C28H39N5O2. The van der Waals surface area contributed by atoms with Crippen LogP contribution in [-0.2, 0) is 6.42 Å². The van der Waals surface area contributed by atoms with Crippen LogP contribution < -0.4 is 10.6 Å². The molecule has 4 rings (SSSR count). The van der Waals surface area contributed by atoms with Crippen LogP contribution in [0.3, 0.4) is 0 Å². The summed E-state index contributed by atoms with van der Waals surface area (Å²) in [5, 5.41) is 6.11. The van der Waals surface area contributed by atoms with Gasteiger partial charge in [-0.1, -0.05) is 31.2 Å². The van der Waals surface area contributed by atoms with Gasteiger partial charge in [0.25, 0.3) is 5.91 Å². The van der Waals surface area contributed by atoms with E-state index in [0.29, 0.717) is 18.7 Å². The Labute approximate surface area is 209 Å². The van der Waals surface area contributed by atoms with Gasteiger partial charge in [0.1, 0.15) is 0 Å². The minimum Gasteiger partial charge on any atom is -0.351 e. The quantitative estimate of drug-likeness (QED) is 0.639. The SMILES string of the molecule is CCc1ccc(NC(=O)N2CCCC(c3cccc(C(=O)NCCN4CCN(C)CC4)c3)C2)cc1. The number of urea groups is 1. The molecule has 3 amide bonds. The first-order chi connectivity index (χ1) is 17.0. The van der Waals surface area contributed by atoms with Gasteiger partial charge in [0, 0.05) is 69.5 Å². The number of carbonyl (C=O) groups is 2. The van der Waals surface area contributed by atoms with E-state index in [2.05, 4.69) is 52.6 Å². The number of nitrogens with one attached hydrogen (secondary N) is 2. The largest absolute Gasteiger partial charge is 0.351 e. The van der Waals surface area contributed by atoms with E-state index in [-0.39, 0.29) is 17.9 Å². The van der Waals surface area contributed by atoms with Gasteiger partial charge in [0.05, 0.1) is 0 Å². The first kappa shape index (κ1) is 25.2. The smallest absolute Gasteiger partial charge is 0.321 e. The number of anilines is 1. The number of likely N-dealkylation sites (N-methyl/N-ethyl adjacent to an activating group) is 1. The van der Waals surface area contributed by atoms with Crippen molar-refractivity contribution >= 4 is 17.6 Å². The summed E-state index contributed by atoms with van der Waals surface area (Å²) in [6.07, 6.45) is 2.95. The highest BCUT2D eigenvalue weighted by molar-refractivity contribution is 5.94. The lowest BCUT2D eigenvalue weighted by Gasteiger charge is -2.33. The maximum atomic E-state index is 12.9. The molecule has 1 atom stereocenters. The summed E-state index contributed by atoms with van der Waals surface area (Å²) in [6, 6.07) is 15.9. The van der Waals surface area contributed by atoms with Gasteiger partial charge in [0.15, 0.2) is 0 Å². The molecule has 0 bridgehead atoms. The van der Waals surface area contributed by atoms with Crippen LogP contribution in [0.1, 0.15) is 47.2 Å². The number of piperidine rings is 1. The lowest BCUT2D eigenvalue weighted by molar-refractivity contribution is 0.0940. The standard InChI is InChI=1S/C28H39N5O2/c1-3-22-9-11-26(12-10-22)30-28(35)33-14-5-8-25(21-33)23-6-4-7-24(20-23)27(34)29-13-15-32-18-16-31(2)17-19-32/h4,6-7,9-12,20,25H,3,5,8,13-19,21H2,1-2H3,(H,29,34)(H,30,35). The summed E-state index contributed by atoms with van der Waals surface area (Å²) in [5.41, 5.74) is 3.90. The molecule has 0 aromatic heterocycles. The highest BCUT2D eigenvalue weighted by atomic mass is 16.2. The number of aryl methyl sites for hydroxylation is 1. The molecule has 7 heteroatoms. The van der Waals surface area contributed by atoms with Gasteiger partial charge in [-0.2, -0.15) is 0 Å². The van der Waals surface area contributed by atoms with Crippen molar-refractivity contribution in [3.8, 4) is 0 Å². The minimum atomic E-state index is -0.0586. The fourth-order valence-electron chi connectivity index (χ4n) is 4.89. The van der Waals surface area contributed by atoms with Crippen LogP contribution in [-0.4, -0.2) is 86.0 Å². The van der Waals surface area contributed by atoms with Crippen molar-refractivity contribution in [1.82, 2.24) is 20.0 Å². The predicted octanol–water partition coefficient (Wildman–Crippen LogP) is 3.64. The third-order valence-electron chi connectivity index (χ3n) is 7.25. The second-order valence-electron chi connectivity index (χ2n) is 9.79. The Bertz CT molecular complexity index is 985. The molecule has 0 aliphatic carbocycles. The molecule has 1 unspecified atom stereocenters. The molecule has 7 nitrogen and oxygen atoms in total. The third-order valence-corrected chi connectivity index (χ3v) is 7.25. The molecule has 2 saturated heterocycles. The fraction of sp³-hybridized carbons (Fsp3) is 0.500. The van der Waals surface area contributed by atoms with Crippen molar-refractivity contribution in [3.63, 3.8) is 0 Å². The molecule has 2 aromatic rings. The Kier molecular flexibility index (Phi) is 8.77. The molecule has 0 radical (unpaired) electrons. The third kappa shape index (κ3) is 7.05. The Morgan fingerprint density at radius 1 is 1.00 bits per heavy atom. The number of benzene rings is 2. The summed E-state index contributed by atoms with van der Waals surface area (Å²) >= 11 is 0. The summed E-state index contributed by atoms with van der Waals surface area (Å²) in [4.78, 5) is 32.3. The van der Waals surface area contributed by atoms with Gasteiger partial charge in [0.2, 0.25) is 0 Å². The topological polar surface area (TPSA) is 67.9 Å². The monoisotopic (exact) mass is 477 g/mol. The van der Waals surface area contributed by atoms with Crippen LogP contribution in [0.25, 0.3) is 0 Å². The van der Waals surface area contributed by atoms with Crippen molar-refractivity contribution in [2.45, 2.75) is 32.1 Å². The molecule has 0 spiro atoms. The summed E-state index contributed by atoms with van der Waals surface area (Å²) < 4.78 is 0. The average molecular weight is 478 g/mol. The lowest BCUT2D eigenvalue weighted by Crippen LogP contribution is -2.46. The maximum Gasteiger partial charge on any atom is 0.321 e. The van der Waals surface area contributed by atoms with Gasteiger partial charge in [-0.05, 0) is 61.7 Å². The summed E-state index contributed by atoms with van der Waals surface area (Å²) in [5.74, 6) is 0.206. The van der Waals surface area contributed by atoms with E-state index in [1.807, 2.05) is 35.2 Å². The van der Waals surface area contributed by atoms with Gasteiger partial charge in [-0.25, -0.2) is 4.79 Å². The Morgan fingerprint density at radius 2 is 1.77 bits per heavy atom. The van der Waals surface area contributed by atoms with E-state index in [9.17, 15) is 9.59 Å². The summed E-state index contributed by atoms with van der Waals surface area (Å²) in [6.45, 7) is 9.34. The number of nitrogens with zero attached hydrogens (tertiary/aromatic N) is 3. The van der Waals surface area contributed by atoms with Gasteiger partial charge in [-0.3, -0.25) is 9.69 Å². The van der Waals surface area contributed by atoms with Crippen molar-refractivity contribution in [1.29, 1.82) is 0 Å². The first-order valence-corrected chi connectivity index (χ1v) is 13.0. The number of likely N-dealkylation sites (tertiary alicyclic amines) is 1. The second kappa shape index (κ2) is 12.2. The first-order valence-electron chi connectivity index (χ1n) is 13.0. The predicted molar refractivity (Wildman–Crippen MR) is 141 cm³/mol. The number of piperazine rings is 1. The van der Waals surface area contributed by atoms with Gasteiger partial charge >= 0.3 is 6.03 Å². The lowest BCUT2D eigenvalue weighted by atomic mass is 9.89. The van der Waals surface area contributed by atoms with Crippen LogP contribution in [0.2, 0.25) is 0 Å². The molecule has 35 heavy (non-hydrogen) atoms. The zero-order chi connectivity index (χ0) is 24.6. The molecule has 0 saturated carbocycles. The maximum absolute atomic E-state index is 12.9. The van der Waals surface area contributed by atoms with Crippen molar-refractivity contribution < 1.29 is 9.59 Å². The van der Waals surface area contributed by atoms with E-state index < -0.39 is 0 Å². The van der Waals surface area contributed by atoms with Crippen LogP contribution >= 0.6 is 0 Å². The minimum absolute atomic E-state index is 0.0260. The molecular weight excluding hydrogens is 438 g/mol. The molecule has 2 aliphatic heterocycles.